The van der Waals surface area contributed by atoms with E-state index in [0.717, 1.165) is 22.5 Å². The van der Waals surface area contributed by atoms with Gasteiger partial charge in [-0.2, -0.15) is 0 Å². The van der Waals surface area contributed by atoms with E-state index in [1.54, 1.807) is 6.07 Å². The summed E-state index contributed by atoms with van der Waals surface area (Å²) in [6.07, 6.45) is 1.52. The highest BCUT2D eigenvalue weighted by molar-refractivity contribution is 6.31. The van der Waals surface area contributed by atoms with Crippen LogP contribution in [0, 0.1) is 20.8 Å². The molecule has 2 rings (SSSR count). The second-order valence-electron chi connectivity index (χ2n) is 9.58. The lowest BCUT2D eigenvalue weighted by molar-refractivity contribution is -0.154. The number of hydrogen-bond donors (Lipinski definition) is 1. The summed E-state index contributed by atoms with van der Waals surface area (Å²) in [4.78, 5) is 42.1. The average molecular weight is 475 g/mol. The summed E-state index contributed by atoms with van der Waals surface area (Å²) in [5.74, 6) is -0.284. The van der Waals surface area contributed by atoms with Crippen molar-refractivity contribution < 1.29 is 14.3 Å². The summed E-state index contributed by atoms with van der Waals surface area (Å²) in [5.41, 5.74) is 3.91. The number of ether oxygens (including phenoxy) is 1. The van der Waals surface area contributed by atoms with Crippen LogP contribution in [0.1, 0.15) is 72.8 Å². The zero-order chi connectivity index (χ0) is 24.9. The summed E-state index contributed by atoms with van der Waals surface area (Å²) in [6.45, 7) is 11.8. The van der Waals surface area contributed by atoms with Crippen LogP contribution in [0.5, 0.6) is 0 Å². The van der Waals surface area contributed by atoms with Gasteiger partial charge >= 0.3 is 5.97 Å². The number of carbonyl (C=O) groups excluding carboxylic acids is 2. The molecule has 6 nitrogen and oxygen atoms in total. The van der Waals surface area contributed by atoms with Gasteiger partial charge in [-0.3, -0.25) is 14.4 Å². The van der Waals surface area contributed by atoms with Crippen molar-refractivity contribution in [2.24, 2.45) is 0 Å². The molecular formula is C26H35ClN2O4. The van der Waals surface area contributed by atoms with Gasteiger partial charge in [-0.25, -0.2) is 0 Å². The first-order valence-corrected chi connectivity index (χ1v) is 11.6. The number of ketones is 1. The number of halogens is 1. The van der Waals surface area contributed by atoms with Crippen LogP contribution >= 0.6 is 11.6 Å². The molecule has 0 aliphatic heterocycles. The van der Waals surface area contributed by atoms with Gasteiger partial charge in [0, 0.05) is 54.0 Å². The first kappa shape index (κ1) is 26.7. The van der Waals surface area contributed by atoms with Gasteiger partial charge in [0.05, 0.1) is 0 Å². The quantitative estimate of drug-likeness (QED) is 0.392. The molecule has 0 saturated carbocycles. The largest absolute Gasteiger partial charge is 0.460 e. The Labute approximate surface area is 201 Å². The van der Waals surface area contributed by atoms with Crippen LogP contribution in [-0.4, -0.2) is 35.9 Å². The van der Waals surface area contributed by atoms with E-state index in [0.29, 0.717) is 42.0 Å². The van der Waals surface area contributed by atoms with Crippen LogP contribution in [0.4, 0.5) is 5.69 Å². The standard InChI is InChI=1S/C26H35ClN2O4/c1-16-13-17(2)28-25(32)20(16)10-11-23(30)21-14-19(27)15-22(18(21)3)29(7)12-8-9-24(31)33-26(4,5)6/h13-15H,8-12H2,1-7H3,(H,28,32). The molecule has 33 heavy (non-hydrogen) atoms. The Morgan fingerprint density at radius 3 is 2.36 bits per heavy atom. The average Bonchev–Trinajstić information content (AvgIpc) is 2.66. The number of anilines is 1. The van der Waals surface area contributed by atoms with Gasteiger partial charge in [0.15, 0.2) is 5.78 Å². The number of nitrogens with zero attached hydrogens (tertiary/aromatic N) is 1. The van der Waals surface area contributed by atoms with Crippen LogP contribution in [0.15, 0.2) is 23.0 Å². The Hall–Kier alpha value is -2.60. The molecule has 0 aliphatic carbocycles. The molecule has 0 atom stereocenters. The topological polar surface area (TPSA) is 79.5 Å². The maximum atomic E-state index is 13.0. The zero-order valence-corrected chi connectivity index (χ0v) is 21.5. The fraction of sp³-hybridized carbons (Fsp3) is 0.500. The molecule has 0 radical (unpaired) electrons. The first-order chi connectivity index (χ1) is 15.3. The Bertz CT molecular complexity index is 1080. The van der Waals surface area contributed by atoms with Crippen LogP contribution < -0.4 is 10.5 Å². The van der Waals surface area contributed by atoms with Gasteiger partial charge in [-0.1, -0.05) is 11.6 Å². The number of carbonyl (C=O) groups is 2. The van der Waals surface area contributed by atoms with Gasteiger partial charge in [0.2, 0.25) is 0 Å². The number of rotatable bonds is 9. The van der Waals surface area contributed by atoms with E-state index in [1.807, 2.05) is 65.6 Å². The normalized spacial score (nSPS) is 11.4. The number of aromatic nitrogens is 1. The number of esters is 1. The van der Waals surface area contributed by atoms with Crippen LogP contribution in [0.2, 0.25) is 5.02 Å². The van der Waals surface area contributed by atoms with E-state index in [1.165, 1.54) is 0 Å². The number of hydrogen-bond acceptors (Lipinski definition) is 5. The van der Waals surface area contributed by atoms with Gasteiger partial charge in [0.1, 0.15) is 5.60 Å². The van der Waals surface area contributed by atoms with Crippen molar-refractivity contribution in [1.82, 2.24) is 4.98 Å². The van der Waals surface area contributed by atoms with Crippen LogP contribution in [0.25, 0.3) is 0 Å². The van der Waals surface area contributed by atoms with Gasteiger partial charge in [0.25, 0.3) is 5.56 Å². The second kappa shape index (κ2) is 11.0. The van der Waals surface area contributed by atoms with Crippen molar-refractivity contribution in [2.45, 2.75) is 72.8 Å². The number of Topliss-reactive ketones (excluding diaryl/α,β-unsaturated/α-hetero) is 1. The van der Waals surface area contributed by atoms with E-state index in [4.69, 9.17) is 16.3 Å². The molecule has 1 aromatic carbocycles. The smallest absolute Gasteiger partial charge is 0.306 e. The third kappa shape index (κ3) is 7.74. The molecule has 0 unspecified atom stereocenters. The van der Waals surface area contributed by atoms with E-state index >= 15 is 0 Å². The maximum Gasteiger partial charge on any atom is 0.306 e. The molecular weight excluding hydrogens is 440 g/mol. The molecule has 7 heteroatoms. The van der Waals surface area contributed by atoms with Crippen molar-refractivity contribution in [3.63, 3.8) is 0 Å². The number of pyridine rings is 1. The maximum absolute atomic E-state index is 13.0. The molecule has 180 valence electrons. The summed E-state index contributed by atoms with van der Waals surface area (Å²) in [7, 11) is 1.91. The van der Waals surface area contributed by atoms with Gasteiger partial charge in [-0.05, 0) is 83.7 Å². The van der Waals surface area contributed by atoms with Crippen LogP contribution in [-0.2, 0) is 16.0 Å². The molecule has 0 saturated heterocycles. The Morgan fingerprint density at radius 2 is 1.76 bits per heavy atom. The number of aryl methyl sites for hydroxylation is 2. The summed E-state index contributed by atoms with van der Waals surface area (Å²) < 4.78 is 5.36. The number of benzene rings is 1. The Balaban J connectivity index is 2.09. The van der Waals surface area contributed by atoms with Gasteiger partial charge in [-0.15, -0.1) is 0 Å². The predicted octanol–water partition coefficient (Wildman–Crippen LogP) is 5.33. The Kier molecular flexibility index (Phi) is 8.89. The highest BCUT2D eigenvalue weighted by atomic mass is 35.5. The fourth-order valence-electron chi connectivity index (χ4n) is 3.89. The van der Waals surface area contributed by atoms with Crippen molar-refractivity contribution in [3.8, 4) is 0 Å². The van der Waals surface area contributed by atoms with Crippen LogP contribution in [0.3, 0.4) is 0 Å². The van der Waals surface area contributed by atoms with E-state index in [2.05, 4.69) is 4.98 Å². The molecule has 0 amide bonds. The molecule has 0 fully saturated rings. The predicted molar refractivity (Wildman–Crippen MR) is 134 cm³/mol. The molecule has 1 heterocycles. The minimum Gasteiger partial charge on any atom is -0.460 e. The molecule has 1 aromatic heterocycles. The minimum absolute atomic E-state index is 0.0576. The highest BCUT2D eigenvalue weighted by Crippen LogP contribution is 2.29. The second-order valence-corrected chi connectivity index (χ2v) is 10.0. The molecule has 0 aliphatic rings. The van der Waals surface area contributed by atoms with E-state index in [-0.39, 0.29) is 23.7 Å². The van der Waals surface area contributed by atoms with Gasteiger partial charge < -0.3 is 14.6 Å². The summed E-state index contributed by atoms with van der Waals surface area (Å²) in [6, 6.07) is 5.43. The summed E-state index contributed by atoms with van der Waals surface area (Å²) in [5, 5.41) is 0.474. The first-order valence-electron chi connectivity index (χ1n) is 11.2. The fourth-order valence-corrected chi connectivity index (χ4v) is 4.10. The van der Waals surface area contributed by atoms with Crippen molar-refractivity contribution in [3.05, 3.63) is 61.5 Å². The highest BCUT2D eigenvalue weighted by Gasteiger charge is 2.19. The molecule has 1 N–H and O–H groups in total. The van der Waals surface area contributed by atoms with Crippen molar-refractivity contribution >= 4 is 29.0 Å². The third-order valence-corrected chi connectivity index (χ3v) is 5.67. The number of H-pyrrole nitrogens is 1. The summed E-state index contributed by atoms with van der Waals surface area (Å²) >= 11 is 6.34. The zero-order valence-electron chi connectivity index (χ0n) is 20.7. The van der Waals surface area contributed by atoms with Crippen molar-refractivity contribution in [1.29, 1.82) is 0 Å². The van der Waals surface area contributed by atoms with E-state index < -0.39 is 5.60 Å². The van der Waals surface area contributed by atoms with E-state index in [9.17, 15) is 14.4 Å². The molecule has 0 bridgehead atoms. The third-order valence-electron chi connectivity index (χ3n) is 5.45. The lowest BCUT2D eigenvalue weighted by Crippen LogP contribution is -2.25. The number of nitrogens with one attached hydrogen (secondary N) is 1. The minimum atomic E-state index is -0.496. The number of aromatic amines is 1. The molecule has 0 spiro atoms. The SMILES string of the molecule is Cc1cc(C)c(CCC(=O)c2cc(Cl)cc(N(C)CCCC(=O)OC(C)(C)C)c2C)c(=O)[nH]1. The lowest BCUT2D eigenvalue weighted by atomic mass is 9.96. The lowest BCUT2D eigenvalue weighted by Gasteiger charge is -2.24. The monoisotopic (exact) mass is 474 g/mol. The molecule has 2 aromatic rings. The Morgan fingerprint density at radius 1 is 1.09 bits per heavy atom. The van der Waals surface area contributed by atoms with Crippen molar-refractivity contribution in [2.75, 3.05) is 18.5 Å².